The average Bonchev–Trinajstić information content (AvgIpc) is 2.75. The number of imidazole rings is 1. The molecule has 0 aliphatic heterocycles. The standard InChI is InChI=1S/C15H12BrF2N3/c1-2-14-20-12-7-9(19)3-4-13(12)21(14)15-10(17)5-8(16)6-11(15)18/h3-7H,2,19H2,1H3. The van der Waals surface area contributed by atoms with Gasteiger partial charge < -0.3 is 5.73 Å². The number of nitrogen functional groups attached to an aromatic ring is 1. The van der Waals surface area contributed by atoms with Crippen LogP contribution in [0.5, 0.6) is 0 Å². The maximum absolute atomic E-state index is 14.3. The molecule has 1 heterocycles. The zero-order chi connectivity index (χ0) is 15.1. The van der Waals surface area contributed by atoms with Crippen molar-refractivity contribution in [1.29, 1.82) is 0 Å². The molecule has 0 unspecified atom stereocenters. The van der Waals surface area contributed by atoms with Gasteiger partial charge in [0.1, 0.15) is 11.5 Å². The molecule has 0 spiro atoms. The molecule has 0 fully saturated rings. The van der Waals surface area contributed by atoms with Crippen molar-refractivity contribution in [2.75, 3.05) is 5.73 Å². The van der Waals surface area contributed by atoms with Gasteiger partial charge in [0, 0.05) is 16.6 Å². The van der Waals surface area contributed by atoms with Gasteiger partial charge in [0.05, 0.1) is 11.0 Å². The van der Waals surface area contributed by atoms with Crippen molar-refractivity contribution in [2.45, 2.75) is 13.3 Å². The molecular weight excluding hydrogens is 340 g/mol. The number of fused-ring (bicyclic) bond motifs is 1. The summed E-state index contributed by atoms with van der Waals surface area (Å²) in [6.07, 6.45) is 0.545. The minimum atomic E-state index is -0.646. The van der Waals surface area contributed by atoms with Gasteiger partial charge in [-0.2, -0.15) is 0 Å². The van der Waals surface area contributed by atoms with Crippen molar-refractivity contribution >= 4 is 32.7 Å². The molecule has 6 heteroatoms. The van der Waals surface area contributed by atoms with Gasteiger partial charge in [-0.15, -0.1) is 0 Å². The molecular formula is C15H12BrF2N3. The van der Waals surface area contributed by atoms with Crippen LogP contribution >= 0.6 is 15.9 Å². The Labute approximate surface area is 128 Å². The molecule has 0 atom stereocenters. The first kappa shape index (κ1) is 14.0. The summed E-state index contributed by atoms with van der Waals surface area (Å²) in [4.78, 5) is 4.41. The van der Waals surface area contributed by atoms with Gasteiger partial charge in [-0.1, -0.05) is 22.9 Å². The normalized spacial score (nSPS) is 11.2. The lowest BCUT2D eigenvalue weighted by molar-refractivity contribution is 0.566. The predicted molar refractivity (Wildman–Crippen MR) is 82.5 cm³/mol. The maximum atomic E-state index is 14.3. The minimum Gasteiger partial charge on any atom is -0.399 e. The molecule has 3 nitrogen and oxygen atoms in total. The first-order chi connectivity index (χ1) is 10.0. The molecule has 108 valence electrons. The second kappa shape index (κ2) is 5.11. The second-order valence-electron chi connectivity index (χ2n) is 4.68. The van der Waals surface area contributed by atoms with Gasteiger partial charge in [-0.05, 0) is 30.3 Å². The molecule has 0 radical (unpaired) electrons. The highest BCUT2D eigenvalue weighted by Crippen LogP contribution is 2.29. The lowest BCUT2D eigenvalue weighted by atomic mass is 10.2. The van der Waals surface area contributed by atoms with Crippen molar-refractivity contribution in [1.82, 2.24) is 9.55 Å². The Bertz CT molecular complexity index is 819. The Balaban J connectivity index is 2.39. The molecule has 0 amide bonds. The zero-order valence-corrected chi connectivity index (χ0v) is 12.8. The molecule has 21 heavy (non-hydrogen) atoms. The van der Waals surface area contributed by atoms with Gasteiger partial charge in [-0.25, -0.2) is 13.8 Å². The van der Waals surface area contributed by atoms with Crippen LogP contribution in [0.4, 0.5) is 14.5 Å². The SMILES string of the molecule is CCc1nc2cc(N)ccc2n1-c1c(F)cc(Br)cc1F. The van der Waals surface area contributed by atoms with Gasteiger partial charge in [0.25, 0.3) is 0 Å². The number of nitrogens with two attached hydrogens (primary N) is 1. The van der Waals surface area contributed by atoms with Gasteiger partial charge >= 0.3 is 0 Å². The summed E-state index contributed by atoms with van der Waals surface area (Å²) in [5.41, 5.74) is 7.42. The first-order valence-corrected chi connectivity index (χ1v) is 7.22. The number of benzene rings is 2. The molecule has 0 saturated heterocycles. The number of aryl methyl sites for hydroxylation is 1. The fraction of sp³-hybridized carbons (Fsp3) is 0.133. The van der Waals surface area contributed by atoms with E-state index in [0.29, 0.717) is 33.4 Å². The molecule has 1 aromatic heterocycles. The van der Waals surface area contributed by atoms with E-state index in [1.165, 1.54) is 16.7 Å². The van der Waals surface area contributed by atoms with Gasteiger partial charge in [0.2, 0.25) is 0 Å². The summed E-state index contributed by atoms with van der Waals surface area (Å²) in [6.45, 7) is 1.88. The van der Waals surface area contributed by atoms with Crippen molar-refractivity contribution < 1.29 is 8.78 Å². The van der Waals surface area contributed by atoms with E-state index in [9.17, 15) is 8.78 Å². The zero-order valence-electron chi connectivity index (χ0n) is 11.2. The highest BCUT2D eigenvalue weighted by Gasteiger charge is 2.19. The summed E-state index contributed by atoms with van der Waals surface area (Å²) in [5, 5.41) is 0. The minimum absolute atomic E-state index is 0.123. The molecule has 0 aliphatic rings. The summed E-state index contributed by atoms with van der Waals surface area (Å²) in [6, 6.07) is 7.58. The van der Waals surface area contributed by atoms with Crippen LogP contribution in [0.1, 0.15) is 12.7 Å². The summed E-state index contributed by atoms with van der Waals surface area (Å²) >= 11 is 3.08. The van der Waals surface area contributed by atoms with Crippen molar-refractivity contribution in [3.8, 4) is 5.69 Å². The molecule has 0 saturated carbocycles. The van der Waals surface area contributed by atoms with Crippen LogP contribution in [0.15, 0.2) is 34.8 Å². The monoisotopic (exact) mass is 351 g/mol. The molecule has 2 N–H and O–H groups in total. The van der Waals surface area contributed by atoms with E-state index in [1.54, 1.807) is 18.2 Å². The van der Waals surface area contributed by atoms with Crippen LogP contribution in [-0.4, -0.2) is 9.55 Å². The summed E-state index contributed by atoms with van der Waals surface area (Å²) in [7, 11) is 0. The Morgan fingerprint density at radius 1 is 1.19 bits per heavy atom. The number of anilines is 1. The summed E-state index contributed by atoms with van der Waals surface area (Å²) in [5.74, 6) is -0.712. The van der Waals surface area contributed by atoms with Crippen LogP contribution in [0, 0.1) is 11.6 Å². The number of hydrogen-bond donors (Lipinski definition) is 1. The Morgan fingerprint density at radius 3 is 2.48 bits per heavy atom. The van der Waals surface area contributed by atoms with E-state index < -0.39 is 11.6 Å². The number of aromatic nitrogens is 2. The maximum Gasteiger partial charge on any atom is 0.151 e. The fourth-order valence-electron chi connectivity index (χ4n) is 2.38. The van der Waals surface area contributed by atoms with Gasteiger partial charge in [-0.3, -0.25) is 4.57 Å². The third-order valence-electron chi connectivity index (χ3n) is 3.27. The smallest absolute Gasteiger partial charge is 0.151 e. The van der Waals surface area contributed by atoms with Crippen molar-refractivity contribution in [3.05, 3.63) is 52.3 Å². The van der Waals surface area contributed by atoms with E-state index in [1.807, 2.05) is 6.92 Å². The van der Waals surface area contributed by atoms with Crippen LogP contribution in [0.25, 0.3) is 16.7 Å². The van der Waals surface area contributed by atoms with Gasteiger partial charge in [0.15, 0.2) is 11.6 Å². The van der Waals surface area contributed by atoms with Crippen LogP contribution in [-0.2, 0) is 6.42 Å². The van der Waals surface area contributed by atoms with Crippen molar-refractivity contribution in [3.63, 3.8) is 0 Å². The highest BCUT2D eigenvalue weighted by molar-refractivity contribution is 9.10. The Kier molecular flexibility index (Phi) is 3.41. The van der Waals surface area contributed by atoms with E-state index in [4.69, 9.17) is 5.73 Å². The Morgan fingerprint density at radius 2 is 1.86 bits per heavy atom. The highest BCUT2D eigenvalue weighted by atomic mass is 79.9. The lowest BCUT2D eigenvalue weighted by Gasteiger charge is -2.11. The number of rotatable bonds is 2. The van der Waals surface area contributed by atoms with E-state index in [2.05, 4.69) is 20.9 Å². The summed E-state index contributed by atoms with van der Waals surface area (Å²) < 4.78 is 30.4. The predicted octanol–water partition coefficient (Wildman–Crippen LogP) is 4.21. The average molecular weight is 352 g/mol. The van der Waals surface area contributed by atoms with Crippen LogP contribution in [0.3, 0.4) is 0 Å². The Hall–Kier alpha value is -1.95. The third kappa shape index (κ3) is 2.29. The fourth-order valence-corrected chi connectivity index (χ4v) is 2.78. The molecule has 3 aromatic rings. The van der Waals surface area contributed by atoms with Crippen LogP contribution in [0.2, 0.25) is 0 Å². The molecule has 0 aliphatic carbocycles. The van der Waals surface area contributed by atoms with Crippen molar-refractivity contribution in [2.24, 2.45) is 0 Å². The van der Waals surface area contributed by atoms with Crippen LogP contribution < -0.4 is 5.73 Å². The molecule has 2 aromatic carbocycles. The number of nitrogens with zero attached hydrogens (tertiary/aromatic N) is 2. The van der Waals surface area contributed by atoms with E-state index in [0.717, 1.165) is 0 Å². The lowest BCUT2D eigenvalue weighted by Crippen LogP contribution is -2.05. The topological polar surface area (TPSA) is 43.8 Å². The van der Waals surface area contributed by atoms with E-state index >= 15 is 0 Å². The number of hydrogen-bond acceptors (Lipinski definition) is 2. The first-order valence-electron chi connectivity index (χ1n) is 6.43. The second-order valence-corrected chi connectivity index (χ2v) is 5.60. The number of halogens is 3. The largest absolute Gasteiger partial charge is 0.399 e. The molecule has 3 rings (SSSR count). The van der Waals surface area contributed by atoms with E-state index in [-0.39, 0.29) is 5.69 Å². The molecule has 0 bridgehead atoms. The quantitative estimate of drug-likeness (QED) is 0.702. The third-order valence-corrected chi connectivity index (χ3v) is 3.73.